The largest absolute Gasteiger partial charge is 0.382 e. The van der Waals surface area contributed by atoms with E-state index < -0.39 is 0 Å². The van der Waals surface area contributed by atoms with E-state index in [9.17, 15) is 9.65 Å². The highest BCUT2D eigenvalue weighted by molar-refractivity contribution is 5.78. The van der Waals surface area contributed by atoms with Crippen molar-refractivity contribution in [1.29, 1.82) is 5.26 Å². The van der Waals surface area contributed by atoms with E-state index in [1.807, 2.05) is 47.9 Å². The molecule has 0 bridgehead atoms. The molecule has 0 aliphatic rings. The van der Waals surface area contributed by atoms with Crippen LogP contribution in [-0.2, 0) is 0 Å². The molecule has 0 aliphatic carbocycles. The molecule has 7 nitrogen and oxygen atoms in total. The van der Waals surface area contributed by atoms with Crippen molar-refractivity contribution in [1.82, 2.24) is 19.5 Å². The first kappa shape index (κ1) is 18.4. The van der Waals surface area contributed by atoms with Gasteiger partial charge in [0.05, 0.1) is 17.1 Å². The van der Waals surface area contributed by atoms with Gasteiger partial charge in [-0.25, -0.2) is 19.3 Å². The molecule has 144 valence electrons. The third-order valence-electron chi connectivity index (χ3n) is 4.68. The number of nitrogen functional groups attached to an aromatic ring is 1. The van der Waals surface area contributed by atoms with Gasteiger partial charge in [-0.2, -0.15) is 5.26 Å². The lowest BCUT2D eigenvalue weighted by atomic mass is 10.2. The van der Waals surface area contributed by atoms with Crippen LogP contribution in [0.5, 0.6) is 0 Å². The van der Waals surface area contributed by atoms with E-state index in [0.29, 0.717) is 29.1 Å². The number of nitrogens with zero attached hydrogens (tertiary/aromatic N) is 5. The summed E-state index contributed by atoms with van der Waals surface area (Å²) >= 11 is 0. The van der Waals surface area contributed by atoms with Gasteiger partial charge in [0.15, 0.2) is 0 Å². The molecule has 1 atom stereocenters. The lowest BCUT2D eigenvalue weighted by molar-refractivity contribution is 0.629. The van der Waals surface area contributed by atoms with E-state index >= 15 is 0 Å². The third kappa shape index (κ3) is 3.34. The summed E-state index contributed by atoms with van der Waals surface area (Å²) in [7, 11) is 0. The zero-order valence-corrected chi connectivity index (χ0v) is 15.7. The Morgan fingerprint density at radius 1 is 1.21 bits per heavy atom. The van der Waals surface area contributed by atoms with Crippen molar-refractivity contribution in [2.75, 3.05) is 11.1 Å². The number of nitrogens with one attached hydrogen (secondary N) is 1. The summed E-state index contributed by atoms with van der Waals surface area (Å²) in [5.74, 6) is 0.793. The van der Waals surface area contributed by atoms with E-state index in [1.165, 1.54) is 18.5 Å². The number of rotatable bonds is 5. The standard InChI is InChI=1S/C21H18FN7/c1-2-16(27-20-15(11-23)19(24)25-12-26-20)21-28-17-9-8-13(22)10-18(17)29(21)14-6-4-3-5-7-14/h3-10,12,16H,2H2,1H3,(H3,24,25,26,27). The average Bonchev–Trinajstić information content (AvgIpc) is 3.11. The topological polar surface area (TPSA) is 105 Å². The fourth-order valence-electron chi connectivity index (χ4n) is 3.28. The van der Waals surface area contributed by atoms with Crippen LogP contribution in [0.2, 0.25) is 0 Å². The molecule has 0 aliphatic heterocycles. The zero-order valence-electron chi connectivity index (χ0n) is 15.7. The van der Waals surface area contributed by atoms with Crippen LogP contribution in [0.15, 0.2) is 54.9 Å². The molecule has 29 heavy (non-hydrogen) atoms. The Bertz CT molecular complexity index is 1210. The third-order valence-corrected chi connectivity index (χ3v) is 4.68. The van der Waals surface area contributed by atoms with Crippen LogP contribution in [-0.4, -0.2) is 19.5 Å². The minimum atomic E-state index is -0.336. The second-order valence-corrected chi connectivity index (χ2v) is 6.47. The van der Waals surface area contributed by atoms with E-state index in [4.69, 9.17) is 10.7 Å². The SMILES string of the molecule is CCC(Nc1ncnc(N)c1C#N)c1nc2ccc(F)cc2n1-c1ccccc1. The van der Waals surface area contributed by atoms with Crippen molar-refractivity contribution in [2.24, 2.45) is 0 Å². The molecule has 0 fully saturated rings. The Kier molecular flexibility index (Phi) is 4.79. The van der Waals surface area contributed by atoms with Gasteiger partial charge in [0.2, 0.25) is 0 Å². The highest BCUT2D eigenvalue weighted by Gasteiger charge is 2.22. The Balaban J connectivity index is 1.88. The molecule has 2 aromatic carbocycles. The molecular weight excluding hydrogens is 369 g/mol. The number of hydrogen-bond donors (Lipinski definition) is 2. The number of imidazole rings is 1. The predicted octanol–water partition coefficient (Wildman–Crippen LogP) is 3.97. The quantitative estimate of drug-likeness (QED) is 0.537. The summed E-state index contributed by atoms with van der Waals surface area (Å²) in [5, 5.41) is 12.7. The highest BCUT2D eigenvalue weighted by Crippen LogP contribution is 2.30. The molecule has 0 amide bonds. The molecule has 3 N–H and O–H groups in total. The van der Waals surface area contributed by atoms with Gasteiger partial charge in [-0.3, -0.25) is 4.57 Å². The fraction of sp³-hybridized carbons (Fsp3) is 0.143. The van der Waals surface area contributed by atoms with Gasteiger partial charge in [-0.05, 0) is 30.7 Å². The van der Waals surface area contributed by atoms with Crippen LogP contribution in [0.25, 0.3) is 16.7 Å². The summed E-state index contributed by atoms with van der Waals surface area (Å²) in [6.45, 7) is 1.99. The minimum Gasteiger partial charge on any atom is -0.382 e. The molecular formula is C21H18FN7. The van der Waals surface area contributed by atoms with E-state index in [1.54, 1.807) is 6.07 Å². The van der Waals surface area contributed by atoms with Gasteiger partial charge in [0.25, 0.3) is 0 Å². The second-order valence-electron chi connectivity index (χ2n) is 6.47. The number of hydrogen-bond acceptors (Lipinski definition) is 6. The van der Waals surface area contributed by atoms with Crippen LogP contribution in [0.3, 0.4) is 0 Å². The average molecular weight is 387 g/mol. The van der Waals surface area contributed by atoms with Crippen LogP contribution in [0.4, 0.5) is 16.0 Å². The Morgan fingerprint density at radius 3 is 2.72 bits per heavy atom. The molecule has 0 radical (unpaired) electrons. The van der Waals surface area contributed by atoms with E-state index in [0.717, 1.165) is 5.69 Å². The molecule has 1 unspecified atom stereocenters. The second kappa shape index (κ2) is 7.56. The maximum atomic E-state index is 14.0. The van der Waals surface area contributed by atoms with Crippen LogP contribution < -0.4 is 11.1 Å². The number of nitrogens with two attached hydrogens (primary N) is 1. The van der Waals surface area contributed by atoms with Crippen LogP contribution >= 0.6 is 0 Å². The zero-order chi connectivity index (χ0) is 20.4. The summed E-state index contributed by atoms with van der Waals surface area (Å²) < 4.78 is 15.9. The lowest BCUT2D eigenvalue weighted by Gasteiger charge is -2.20. The number of benzene rings is 2. The number of nitriles is 1. The molecule has 2 heterocycles. The van der Waals surface area contributed by atoms with Crippen molar-refractivity contribution >= 4 is 22.7 Å². The first-order valence-corrected chi connectivity index (χ1v) is 9.12. The summed E-state index contributed by atoms with van der Waals surface area (Å²) in [6.07, 6.45) is 1.95. The molecule has 8 heteroatoms. The number of aromatic nitrogens is 4. The monoisotopic (exact) mass is 387 g/mol. The fourth-order valence-corrected chi connectivity index (χ4v) is 3.28. The predicted molar refractivity (Wildman–Crippen MR) is 109 cm³/mol. The van der Waals surface area contributed by atoms with Crippen molar-refractivity contribution in [3.8, 4) is 11.8 Å². The molecule has 2 aromatic heterocycles. The normalized spacial score (nSPS) is 11.9. The van der Waals surface area contributed by atoms with Crippen molar-refractivity contribution in [2.45, 2.75) is 19.4 Å². The summed E-state index contributed by atoms with van der Waals surface area (Å²) in [5.41, 5.74) is 8.19. The van der Waals surface area contributed by atoms with Gasteiger partial charge in [0.1, 0.15) is 41.2 Å². The van der Waals surface area contributed by atoms with Crippen LogP contribution in [0, 0.1) is 17.1 Å². The van der Waals surface area contributed by atoms with E-state index in [2.05, 4.69) is 15.3 Å². The van der Waals surface area contributed by atoms with Gasteiger partial charge >= 0.3 is 0 Å². The van der Waals surface area contributed by atoms with Gasteiger partial charge in [-0.15, -0.1) is 0 Å². The Hall–Kier alpha value is -3.99. The summed E-state index contributed by atoms with van der Waals surface area (Å²) in [6, 6.07) is 15.9. The van der Waals surface area contributed by atoms with Crippen molar-refractivity contribution in [3.63, 3.8) is 0 Å². The summed E-state index contributed by atoms with van der Waals surface area (Å²) in [4.78, 5) is 12.8. The van der Waals surface area contributed by atoms with Gasteiger partial charge < -0.3 is 11.1 Å². The number of anilines is 2. The first-order valence-electron chi connectivity index (χ1n) is 9.12. The molecule has 4 aromatic rings. The van der Waals surface area contributed by atoms with Crippen molar-refractivity contribution in [3.05, 3.63) is 72.1 Å². The minimum absolute atomic E-state index is 0.110. The van der Waals surface area contributed by atoms with E-state index in [-0.39, 0.29) is 23.2 Å². The highest BCUT2D eigenvalue weighted by atomic mass is 19.1. The van der Waals surface area contributed by atoms with Crippen LogP contribution in [0.1, 0.15) is 30.8 Å². The number of halogens is 1. The van der Waals surface area contributed by atoms with Gasteiger partial charge in [-0.1, -0.05) is 25.1 Å². The lowest BCUT2D eigenvalue weighted by Crippen LogP contribution is -2.17. The maximum absolute atomic E-state index is 14.0. The molecule has 4 rings (SSSR count). The Labute approximate surface area is 166 Å². The smallest absolute Gasteiger partial charge is 0.150 e. The van der Waals surface area contributed by atoms with Crippen molar-refractivity contribution < 1.29 is 4.39 Å². The number of para-hydroxylation sites is 1. The Morgan fingerprint density at radius 2 is 2.00 bits per heavy atom. The number of fused-ring (bicyclic) bond motifs is 1. The molecule has 0 saturated carbocycles. The molecule has 0 saturated heterocycles. The maximum Gasteiger partial charge on any atom is 0.150 e. The first-order chi connectivity index (χ1) is 14.1. The molecule has 0 spiro atoms. The van der Waals surface area contributed by atoms with Gasteiger partial charge in [0, 0.05) is 11.8 Å².